The number of carbonyl (C=O) groups is 2. The third-order valence-electron chi connectivity index (χ3n) is 4.29. The number of methoxy groups -OCH3 is 2. The summed E-state index contributed by atoms with van der Waals surface area (Å²) in [5, 5.41) is 0. The van der Waals surface area contributed by atoms with Gasteiger partial charge in [0.05, 0.1) is 20.3 Å². The summed E-state index contributed by atoms with van der Waals surface area (Å²) in [6.45, 7) is 2.09. The first-order chi connectivity index (χ1) is 12.5. The van der Waals surface area contributed by atoms with Crippen molar-refractivity contribution in [1.29, 1.82) is 0 Å². The van der Waals surface area contributed by atoms with Crippen LogP contribution in [-0.2, 0) is 19.1 Å². The fraction of sp³-hybridized carbons (Fsp3) is 0.238. The Kier molecular flexibility index (Phi) is 6.55. The van der Waals surface area contributed by atoms with Gasteiger partial charge in [-0.2, -0.15) is 0 Å². The molecule has 0 aliphatic heterocycles. The van der Waals surface area contributed by atoms with Gasteiger partial charge in [0.15, 0.2) is 0 Å². The second kappa shape index (κ2) is 8.85. The molecule has 2 aromatic rings. The van der Waals surface area contributed by atoms with Gasteiger partial charge in [-0.15, -0.1) is 0 Å². The number of para-hydroxylation sites is 1. The van der Waals surface area contributed by atoms with Crippen LogP contribution in [0.3, 0.4) is 0 Å². The molecule has 5 heteroatoms. The van der Waals surface area contributed by atoms with Gasteiger partial charge in [-0.1, -0.05) is 48.5 Å². The van der Waals surface area contributed by atoms with Crippen LogP contribution in [0.15, 0.2) is 60.2 Å². The fourth-order valence-corrected chi connectivity index (χ4v) is 2.67. The van der Waals surface area contributed by atoms with Crippen molar-refractivity contribution in [2.45, 2.75) is 13.0 Å². The molecule has 136 valence electrons. The van der Waals surface area contributed by atoms with Gasteiger partial charge in [-0.25, -0.2) is 9.59 Å². The van der Waals surface area contributed by atoms with Crippen LogP contribution in [-0.4, -0.2) is 33.2 Å². The van der Waals surface area contributed by atoms with Crippen LogP contribution in [0.2, 0.25) is 0 Å². The van der Waals surface area contributed by atoms with Crippen molar-refractivity contribution in [2.24, 2.45) is 0 Å². The maximum atomic E-state index is 11.9. The Labute approximate surface area is 153 Å². The molecule has 0 fully saturated rings. The second-order valence-electron chi connectivity index (χ2n) is 5.80. The van der Waals surface area contributed by atoms with Gasteiger partial charge >= 0.3 is 11.9 Å². The van der Waals surface area contributed by atoms with Crippen molar-refractivity contribution in [2.75, 3.05) is 26.2 Å². The van der Waals surface area contributed by atoms with Crippen LogP contribution in [0.4, 0.5) is 5.69 Å². The van der Waals surface area contributed by atoms with E-state index in [-0.39, 0.29) is 11.6 Å². The molecule has 0 saturated carbocycles. The minimum absolute atomic E-state index is 0.102. The Bertz CT molecular complexity index is 781. The number of nitrogens with zero attached hydrogens (tertiary/aromatic N) is 1. The van der Waals surface area contributed by atoms with Gasteiger partial charge in [0.1, 0.15) is 5.57 Å². The number of esters is 2. The number of anilines is 1. The molecule has 0 bridgehead atoms. The molecule has 0 radical (unpaired) electrons. The third-order valence-corrected chi connectivity index (χ3v) is 4.29. The monoisotopic (exact) mass is 353 g/mol. The predicted molar refractivity (Wildman–Crippen MR) is 102 cm³/mol. The molecular formula is C21H23NO4. The van der Waals surface area contributed by atoms with E-state index < -0.39 is 11.9 Å². The average Bonchev–Trinajstić information content (AvgIpc) is 2.70. The van der Waals surface area contributed by atoms with Crippen LogP contribution < -0.4 is 4.90 Å². The first-order valence-electron chi connectivity index (χ1n) is 8.24. The number of rotatable bonds is 6. The largest absolute Gasteiger partial charge is 0.465 e. The molecule has 0 spiro atoms. The number of carbonyl (C=O) groups excluding carboxylic acids is 2. The van der Waals surface area contributed by atoms with Crippen molar-refractivity contribution in [1.82, 2.24) is 0 Å². The van der Waals surface area contributed by atoms with Gasteiger partial charge < -0.3 is 14.4 Å². The van der Waals surface area contributed by atoms with E-state index in [0.717, 1.165) is 16.8 Å². The van der Waals surface area contributed by atoms with E-state index in [9.17, 15) is 9.59 Å². The molecule has 0 saturated heterocycles. The summed E-state index contributed by atoms with van der Waals surface area (Å²) in [4.78, 5) is 26.0. The highest BCUT2D eigenvalue weighted by Crippen LogP contribution is 2.29. The van der Waals surface area contributed by atoms with Crippen molar-refractivity contribution < 1.29 is 19.1 Å². The molecule has 0 unspecified atom stereocenters. The summed E-state index contributed by atoms with van der Waals surface area (Å²) in [6.07, 6.45) is 1.50. The van der Waals surface area contributed by atoms with Crippen LogP contribution >= 0.6 is 0 Å². The molecule has 0 aromatic heterocycles. The molecule has 2 aromatic carbocycles. The Balaban J connectivity index is 2.45. The van der Waals surface area contributed by atoms with Crippen molar-refractivity contribution in [3.05, 3.63) is 71.3 Å². The highest BCUT2D eigenvalue weighted by molar-refractivity contribution is 6.18. The second-order valence-corrected chi connectivity index (χ2v) is 5.80. The van der Waals surface area contributed by atoms with E-state index in [1.165, 1.54) is 20.3 Å². The van der Waals surface area contributed by atoms with Gasteiger partial charge in [-0.3, -0.25) is 0 Å². The van der Waals surface area contributed by atoms with E-state index in [2.05, 4.69) is 24.0 Å². The number of ether oxygens (including phenoxy) is 2. The zero-order chi connectivity index (χ0) is 19.1. The molecule has 0 aliphatic rings. The highest BCUT2D eigenvalue weighted by Gasteiger charge is 2.21. The Hall–Kier alpha value is -3.08. The summed E-state index contributed by atoms with van der Waals surface area (Å²) in [7, 11) is 4.43. The predicted octanol–water partition coefficient (Wildman–Crippen LogP) is 3.61. The standard InChI is InChI=1S/C21H23NO4/c1-15(16-10-6-5-7-11-16)22(2)19-13-9-8-12-17(19)14-18(20(23)25-3)21(24)26-4/h5-15H,1-4H3/t15-/m1/s1. The zero-order valence-electron chi connectivity index (χ0n) is 15.4. The van der Waals surface area contributed by atoms with E-state index in [1.807, 2.05) is 49.5 Å². The lowest BCUT2D eigenvalue weighted by molar-refractivity contribution is -0.143. The zero-order valence-corrected chi connectivity index (χ0v) is 15.4. The van der Waals surface area contributed by atoms with Crippen molar-refractivity contribution >= 4 is 23.7 Å². The van der Waals surface area contributed by atoms with Crippen LogP contribution in [0, 0.1) is 0 Å². The van der Waals surface area contributed by atoms with Crippen LogP contribution in [0.25, 0.3) is 6.08 Å². The summed E-state index contributed by atoms with van der Waals surface area (Å²) in [5.74, 6) is -1.46. The Morgan fingerprint density at radius 3 is 2.04 bits per heavy atom. The topological polar surface area (TPSA) is 55.8 Å². The molecule has 0 amide bonds. The first-order valence-corrected chi connectivity index (χ1v) is 8.24. The molecule has 1 atom stereocenters. The Morgan fingerprint density at radius 2 is 1.46 bits per heavy atom. The smallest absolute Gasteiger partial charge is 0.345 e. The Morgan fingerprint density at radius 1 is 0.923 bits per heavy atom. The van der Waals surface area contributed by atoms with Crippen LogP contribution in [0.5, 0.6) is 0 Å². The quantitative estimate of drug-likeness (QED) is 0.344. The van der Waals surface area contributed by atoms with Gasteiger partial charge in [-0.05, 0) is 30.2 Å². The average molecular weight is 353 g/mol. The minimum Gasteiger partial charge on any atom is -0.465 e. The fourth-order valence-electron chi connectivity index (χ4n) is 2.67. The van der Waals surface area contributed by atoms with Gasteiger partial charge in [0, 0.05) is 12.7 Å². The lowest BCUT2D eigenvalue weighted by Crippen LogP contribution is -2.22. The minimum atomic E-state index is -0.731. The number of hydrogen-bond donors (Lipinski definition) is 0. The number of hydrogen-bond acceptors (Lipinski definition) is 5. The van der Waals surface area contributed by atoms with Gasteiger partial charge in [0.2, 0.25) is 0 Å². The summed E-state index contributed by atoms with van der Waals surface area (Å²) < 4.78 is 9.41. The van der Waals surface area contributed by atoms with Crippen LogP contribution in [0.1, 0.15) is 24.1 Å². The van der Waals surface area contributed by atoms with E-state index >= 15 is 0 Å². The molecule has 0 heterocycles. The summed E-state index contributed by atoms with van der Waals surface area (Å²) in [5.41, 5.74) is 2.62. The lowest BCUT2D eigenvalue weighted by atomic mass is 10.0. The molecular weight excluding hydrogens is 330 g/mol. The first kappa shape index (κ1) is 19.2. The highest BCUT2D eigenvalue weighted by atomic mass is 16.5. The SMILES string of the molecule is COC(=O)C(=Cc1ccccc1N(C)[C@H](C)c1ccccc1)C(=O)OC. The third kappa shape index (κ3) is 4.30. The van der Waals surface area contributed by atoms with E-state index in [1.54, 1.807) is 0 Å². The van der Waals surface area contributed by atoms with E-state index in [0.29, 0.717) is 0 Å². The van der Waals surface area contributed by atoms with E-state index in [4.69, 9.17) is 9.47 Å². The maximum absolute atomic E-state index is 11.9. The van der Waals surface area contributed by atoms with Crippen molar-refractivity contribution in [3.63, 3.8) is 0 Å². The maximum Gasteiger partial charge on any atom is 0.345 e. The molecule has 5 nitrogen and oxygen atoms in total. The van der Waals surface area contributed by atoms with Gasteiger partial charge in [0.25, 0.3) is 0 Å². The van der Waals surface area contributed by atoms with Crippen molar-refractivity contribution in [3.8, 4) is 0 Å². The molecule has 0 N–H and O–H groups in total. The lowest BCUT2D eigenvalue weighted by Gasteiger charge is -2.29. The summed E-state index contributed by atoms with van der Waals surface area (Å²) >= 11 is 0. The molecule has 26 heavy (non-hydrogen) atoms. The normalized spacial score (nSPS) is 11.2. The molecule has 2 rings (SSSR count). The molecule has 0 aliphatic carbocycles. The summed E-state index contributed by atoms with van der Waals surface area (Å²) in [6, 6.07) is 17.8. The number of benzene rings is 2.